The van der Waals surface area contributed by atoms with Gasteiger partial charge in [-0.1, -0.05) is 41.9 Å². The van der Waals surface area contributed by atoms with Gasteiger partial charge < -0.3 is 15.4 Å². The van der Waals surface area contributed by atoms with Crippen LogP contribution in [0.1, 0.15) is 10.4 Å². The second kappa shape index (κ2) is 9.53. The first-order valence-corrected chi connectivity index (χ1v) is 9.16. The quantitative estimate of drug-likeness (QED) is 0.430. The second-order valence-electron chi connectivity index (χ2n) is 6.07. The molecule has 30 heavy (non-hydrogen) atoms. The van der Waals surface area contributed by atoms with E-state index in [4.69, 9.17) is 16.3 Å². The summed E-state index contributed by atoms with van der Waals surface area (Å²) in [4.78, 5) is 34.7. The minimum Gasteiger partial charge on any atom is -0.455 e. The van der Waals surface area contributed by atoms with E-state index >= 15 is 0 Å². The number of carbonyl (C=O) groups excluding carboxylic acids is 2. The summed E-state index contributed by atoms with van der Waals surface area (Å²) >= 11 is 5.74. The number of hydrogen-bond donors (Lipinski definition) is 2. The van der Waals surface area contributed by atoms with Gasteiger partial charge in [-0.15, -0.1) is 0 Å². The number of carbonyl (C=O) groups is 2. The lowest BCUT2D eigenvalue weighted by Gasteiger charge is -2.12. The molecule has 0 saturated heterocycles. The number of benzene rings is 3. The molecule has 0 bridgehead atoms. The van der Waals surface area contributed by atoms with Crippen LogP contribution in [0.4, 0.5) is 11.4 Å². The number of nitrogens with one attached hydrogen (secondary N) is 2. The van der Waals surface area contributed by atoms with Gasteiger partial charge in [0.2, 0.25) is 5.91 Å². The Kier molecular flexibility index (Phi) is 6.61. The summed E-state index contributed by atoms with van der Waals surface area (Å²) in [5, 5.41) is 15.9. The summed E-state index contributed by atoms with van der Waals surface area (Å²) in [7, 11) is 0. The monoisotopic (exact) mass is 425 g/mol. The second-order valence-corrected chi connectivity index (χ2v) is 6.47. The third-order valence-corrected chi connectivity index (χ3v) is 4.27. The average Bonchev–Trinajstić information content (AvgIpc) is 2.74. The van der Waals surface area contributed by atoms with Crippen LogP contribution in [0.2, 0.25) is 5.02 Å². The standard InChI is InChI=1S/C21H16ClN3O5/c22-16-11-10-14(12-18(16)25(28)29)21(27)23-13-20(26)24-17-8-4-5-9-19(17)30-15-6-2-1-3-7-15/h1-12H,13H2,(H,23,27)(H,24,26). The Bertz CT molecular complexity index is 1090. The van der Waals surface area contributed by atoms with Gasteiger partial charge in [-0.2, -0.15) is 0 Å². The number of halogens is 1. The average molecular weight is 426 g/mol. The maximum absolute atomic E-state index is 12.3. The topological polar surface area (TPSA) is 111 Å². The van der Waals surface area contributed by atoms with Crippen LogP contribution in [0.3, 0.4) is 0 Å². The van der Waals surface area contributed by atoms with Crippen LogP contribution in [0.15, 0.2) is 72.8 Å². The van der Waals surface area contributed by atoms with Crippen LogP contribution in [0.5, 0.6) is 11.5 Å². The van der Waals surface area contributed by atoms with Crippen LogP contribution in [0.25, 0.3) is 0 Å². The van der Waals surface area contributed by atoms with Crippen molar-refractivity contribution in [1.82, 2.24) is 5.32 Å². The van der Waals surface area contributed by atoms with Crippen molar-refractivity contribution in [2.75, 3.05) is 11.9 Å². The van der Waals surface area contributed by atoms with Gasteiger partial charge in [0.25, 0.3) is 11.6 Å². The summed E-state index contributed by atoms with van der Waals surface area (Å²) in [6, 6.07) is 19.6. The molecule has 0 unspecified atom stereocenters. The number of hydrogen-bond acceptors (Lipinski definition) is 5. The van der Waals surface area contributed by atoms with E-state index in [-0.39, 0.29) is 22.8 Å². The van der Waals surface area contributed by atoms with E-state index in [0.29, 0.717) is 17.2 Å². The molecule has 0 fully saturated rings. The first kappa shape index (κ1) is 20.8. The fourth-order valence-electron chi connectivity index (χ4n) is 2.53. The first-order chi connectivity index (χ1) is 14.4. The lowest BCUT2D eigenvalue weighted by Crippen LogP contribution is -2.32. The molecule has 3 rings (SSSR count). The summed E-state index contributed by atoms with van der Waals surface area (Å²) in [6.07, 6.45) is 0. The van der Waals surface area contributed by atoms with E-state index in [0.717, 1.165) is 6.07 Å². The number of ether oxygens (including phenoxy) is 1. The van der Waals surface area contributed by atoms with E-state index in [1.807, 2.05) is 18.2 Å². The van der Waals surface area contributed by atoms with E-state index < -0.39 is 16.7 Å². The number of anilines is 1. The zero-order valence-electron chi connectivity index (χ0n) is 15.5. The number of nitro groups is 1. The van der Waals surface area contributed by atoms with Crippen molar-refractivity contribution in [3.63, 3.8) is 0 Å². The van der Waals surface area contributed by atoms with Crippen molar-refractivity contribution in [2.24, 2.45) is 0 Å². The van der Waals surface area contributed by atoms with Gasteiger partial charge in [-0.3, -0.25) is 19.7 Å². The highest BCUT2D eigenvalue weighted by molar-refractivity contribution is 6.32. The van der Waals surface area contributed by atoms with Crippen molar-refractivity contribution in [3.8, 4) is 11.5 Å². The third kappa shape index (κ3) is 5.33. The maximum Gasteiger partial charge on any atom is 0.288 e. The maximum atomic E-state index is 12.3. The van der Waals surface area contributed by atoms with Gasteiger partial charge in [-0.25, -0.2) is 0 Å². The van der Waals surface area contributed by atoms with Crippen LogP contribution in [-0.2, 0) is 4.79 Å². The molecule has 0 spiro atoms. The highest BCUT2D eigenvalue weighted by Gasteiger charge is 2.17. The zero-order valence-corrected chi connectivity index (χ0v) is 16.3. The predicted octanol–water partition coefficient (Wildman–Crippen LogP) is 4.41. The summed E-state index contributed by atoms with van der Waals surface area (Å²) < 4.78 is 5.77. The molecule has 3 aromatic rings. The Morgan fingerprint density at radius 2 is 1.70 bits per heavy atom. The summed E-state index contributed by atoms with van der Waals surface area (Å²) in [5.41, 5.74) is 0.0650. The SMILES string of the molecule is O=C(CNC(=O)c1ccc(Cl)c([N+](=O)[O-])c1)Nc1ccccc1Oc1ccccc1. The van der Waals surface area contributed by atoms with Gasteiger partial charge in [0.05, 0.1) is 17.2 Å². The van der Waals surface area contributed by atoms with Crippen molar-refractivity contribution >= 4 is 34.8 Å². The fourth-order valence-corrected chi connectivity index (χ4v) is 2.71. The molecule has 0 heterocycles. The van der Waals surface area contributed by atoms with E-state index in [9.17, 15) is 19.7 Å². The summed E-state index contributed by atoms with van der Waals surface area (Å²) in [6.45, 7) is -0.338. The van der Waals surface area contributed by atoms with Crippen molar-refractivity contribution < 1.29 is 19.2 Å². The smallest absolute Gasteiger partial charge is 0.288 e. The minimum absolute atomic E-state index is 0.0201. The predicted molar refractivity (Wildman–Crippen MR) is 112 cm³/mol. The Labute approximate surface area is 176 Å². The van der Waals surface area contributed by atoms with Crippen molar-refractivity contribution in [1.29, 1.82) is 0 Å². The molecule has 0 aromatic heterocycles. The molecule has 152 valence electrons. The molecule has 9 heteroatoms. The number of amides is 2. The number of nitro benzene ring substituents is 1. The Morgan fingerprint density at radius 3 is 2.43 bits per heavy atom. The Morgan fingerprint density at radius 1 is 1.00 bits per heavy atom. The number of nitrogens with zero attached hydrogens (tertiary/aromatic N) is 1. The van der Waals surface area contributed by atoms with Crippen LogP contribution in [-0.4, -0.2) is 23.3 Å². The molecule has 0 aliphatic heterocycles. The highest BCUT2D eigenvalue weighted by atomic mass is 35.5. The van der Waals surface area contributed by atoms with Gasteiger partial charge in [0.1, 0.15) is 10.8 Å². The Balaban J connectivity index is 1.62. The zero-order chi connectivity index (χ0) is 21.5. The van der Waals surface area contributed by atoms with Crippen molar-refractivity contribution in [3.05, 3.63) is 93.5 Å². The van der Waals surface area contributed by atoms with Gasteiger partial charge in [-0.05, 0) is 36.4 Å². The molecule has 0 saturated carbocycles. The van der Waals surface area contributed by atoms with Crippen LogP contribution >= 0.6 is 11.6 Å². The third-order valence-electron chi connectivity index (χ3n) is 3.95. The highest BCUT2D eigenvalue weighted by Crippen LogP contribution is 2.29. The van der Waals surface area contributed by atoms with Gasteiger partial charge in [0.15, 0.2) is 5.75 Å². The molecule has 2 N–H and O–H groups in total. The largest absolute Gasteiger partial charge is 0.455 e. The van der Waals surface area contributed by atoms with E-state index in [1.165, 1.54) is 12.1 Å². The number of para-hydroxylation sites is 3. The fraction of sp³-hybridized carbons (Fsp3) is 0.0476. The van der Waals surface area contributed by atoms with Gasteiger partial charge in [0, 0.05) is 11.6 Å². The molecule has 0 atom stereocenters. The lowest BCUT2D eigenvalue weighted by atomic mass is 10.2. The molecule has 0 aliphatic rings. The number of rotatable bonds is 7. The van der Waals surface area contributed by atoms with E-state index in [1.54, 1.807) is 36.4 Å². The van der Waals surface area contributed by atoms with Crippen LogP contribution < -0.4 is 15.4 Å². The summed E-state index contributed by atoms with van der Waals surface area (Å²) in [5.74, 6) is -0.0804. The molecule has 3 aromatic carbocycles. The molecule has 2 amide bonds. The molecular weight excluding hydrogens is 410 g/mol. The first-order valence-electron chi connectivity index (χ1n) is 8.78. The van der Waals surface area contributed by atoms with E-state index in [2.05, 4.69) is 10.6 Å². The molecular formula is C21H16ClN3O5. The lowest BCUT2D eigenvalue weighted by molar-refractivity contribution is -0.384. The Hall–Kier alpha value is -3.91. The molecule has 0 radical (unpaired) electrons. The normalized spacial score (nSPS) is 10.2. The minimum atomic E-state index is -0.685. The van der Waals surface area contributed by atoms with Gasteiger partial charge >= 0.3 is 0 Å². The van der Waals surface area contributed by atoms with Crippen molar-refractivity contribution in [2.45, 2.75) is 0 Å². The molecule has 8 nitrogen and oxygen atoms in total. The molecule has 0 aliphatic carbocycles. The van der Waals surface area contributed by atoms with Crippen LogP contribution in [0, 0.1) is 10.1 Å².